The lowest BCUT2D eigenvalue weighted by Gasteiger charge is -2.11. The maximum absolute atomic E-state index is 11.5. The number of thioether (sulfide) groups is 1. The number of benzene rings is 2. The fourth-order valence-electron chi connectivity index (χ4n) is 2.16. The minimum atomic E-state index is -1.15. The Hall–Kier alpha value is -3.04. The second-order valence-electron chi connectivity index (χ2n) is 5.45. The van der Waals surface area contributed by atoms with Gasteiger partial charge in [0.25, 0.3) is 5.91 Å². The topological polar surface area (TPSA) is 133 Å². The van der Waals surface area contributed by atoms with E-state index in [0.29, 0.717) is 16.9 Å². The first-order chi connectivity index (χ1) is 12.9. The van der Waals surface area contributed by atoms with Crippen LogP contribution in [0, 0.1) is 0 Å². The second kappa shape index (κ2) is 9.60. The van der Waals surface area contributed by atoms with Crippen LogP contribution in [0.5, 0.6) is 5.75 Å². The zero-order chi connectivity index (χ0) is 19.8. The summed E-state index contributed by atoms with van der Waals surface area (Å²) in [5.41, 5.74) is 3.06. The molecule has 0 saturated carbocycles. The first-order valence-electron chi connectivity index (χ1n) is 7.72. The fraction of sp³-hybridized carbons (Fsp3) is 0.167. The van der Waals surface area contributed by atoms with Crippen molar-refractivity contribution in [1.29, 1.82) is 0 Å². The van der Waals surface area contributed by atoms with Crippen LogP contribution in [-0.2, 0) is 17.2 Å². The molecular formula is C18H17NO7S. The fourth-order valence-corrected chi connectivity index (χ4v) is 2.93. The van der Waals surface area contributed by atoms with E-state index in [-0.39, 0.29) is 29.2 Å². The maximum atomic E-state index is 11.5. The lowest BCUT2D eigenvalue weighted by molar-refractivity contribution is -0.126. The van der Waals surface area contributed by atoms with Gasteiger partial charge in [0.15, 0.2) is 0 Å². The van der Waals surface area contributed by atoms with Crippen LogP contribution in [0.1, 0.15) is 31.8 Å². The standard InChI is InChI=1S/C18H17NO7S/c20-16(19-25)10-27-9-12-3-6-15(14(7-12)18(23)24)26-8-11-1-4-13(5-2-11)17(21)22/h1-7,25H,8-10H2,(H,19,20)(H,21,22)(H,23,24). The summed E-state index contributed by atoms with van der Waals surface area (Å²) in [5.74, 6) is -2.08. The van der Waals surface area contributed by atoms with E-state index >= 15 is 0 Å². The number of aromatic carboxylic acids is 2. The summed E-state index contributed by atoms with van der Waals surface area (Å²) >= 11 is 1.23. The van der Waals surface area contributed by atoms with Crippen molar-refractivity contribution >= 4 is 29.6 Å². The first-order valence-corrected chi connectivity index (χ1v) is 8.88. The van der Waals surface area contributed by atoms with Gasteiger partial charge in [-0.25, -0.2) is 15.1 Å². The smallest absolute Gasteiger partial charge is 0.339 e. The molecule has 2 aromatic rings. The van der Waals surface area contributed by atoms with Gasteiger partial charge in [-0.05, 0) is 35.4 Å². The summed E-state index contributed by atoms with van der Waals surface area (Å²) in [5, 5.41) is 26.7. The van der Waals surface area contributed by atoms with E-state index in [4.69, 9.17) is 15.1 Å². The Labute approximate surface area is 158 Å². The van der Waals surface area contributed by atoms with E-state index in [9.17, 15) is 19.5 Å². The second-order valence-corrected chi connectivity index (χ2v) is 6.44. The van der Waals surface area contributed by atoms with Gasteiger partial charge < -0.3 is 14.9 Å². The zero-order valence-electron chi connectivity index (χ0n) is 14.0. The monoisotopic (exact) mass is 391 g/mol. The number of hydrogen-bond donors (Lipinski definition) is 4. The average molecular weight is 391 g/mol. The number of carboxylic acids is 2. The summed E-state index contributed by atoms with van der Waals surface area (Å²) in [6, 6.07) is 10.8. The number of hydrogen-bond acceptors (Lipinski definition) is 6. The molecule has 0 aromatic heterocycles. The largest absolute Gasteiger partial charge is 0.488 e. The number of amides is 1. The molecule has 0 bridgehead atoms. The molecule has 27 heavy (non-hydrogen) atoms. The van der Waals surface area contributed by atoms with E-state index in [0.717, 1.165) is 0 Å². The van der Waals surface area contributed by atoms with Crippen LogP contribution in [0.25, 0.3) is 0 Å². The minimum Gasteiger partial charge on any atom is -0.488 e. The van der Waals surface area contributed by atoms with E-state index in [1.165, 1.54) is 41.5 Å². The van der Waals surface area contributed by atoms with E-state index in [1.807, 2.05) is 0 Å². The summed E-state index contributed by atoms with van der Waals surface area (Å²) in [6.07, 6.45) is 0. The molecule has 142 valence electrons. The quantitative estimate of drug-likeness (QED) is 0.378. The minimum absolute atomic E-state index is 0.0122. The van der Waals surface area contributed by atoms with Crippen LogP contribution < -0.4 is 10.2 Å². The predicted octanol–water partition coefficient (Wildman–Crippen LogP) is 2.40. The van der Waals surface area contributed by atoms with E-state index in [2.05, 4.69) is 0 Å². The van der Waals surface area contributed by atoms with Crippen molar-refractivity contribution in [3.8, 4) is 5.75 Å². The Balaban J connectivity index is 2.04. The normalized spacial score (nSPS) is 10.3. The molecule has 2 rings (SSSR count). The molecule has 2 aromatic carbocycles. The lowest BCUT2D eigenvalue weighted by atomic mass is 10.1. The number of nitrogens with one attached hydrogen (secondary N) is 1. The SMILES string of the molecule is O=C(CSCc1ccc(OCc2ccc(C(=O)O)cc2)c(C(=O)O)c1)NO. The van der Waals surface area contributed by atoms with Crippen LogP contribution in [0.15, 0.2) is 42.5 Å². The van der Waals surface area contributed by atoms with Gasteiger partial charge in [-0.3, -0.25) is 10.0 Å². The highest BCUT2D eigenvalue weighted by Gasteiger charge is 2.13. The molecule has 0 aliphatic heterocycles. The molecule has 9 heteroatoms. The predicted molar refractivity (Wildman–Crippen MR) is 97.2 cm³/mol. The highest BCUT2D eigenvalue weighted by Crippen LogP contribution is 2.24. The van der Waals surface area contributed by atoms with E-state index < -0.39 is 17.8 Å². The number of rotatable bonds is 9. The third kappa shape index (κ3) is 6.01. The van der Waals surface area contributed by atoms with Gasteiger partial charge in [0, 0.05) is 5.75 Å². The number of ether oxygens (including phenoxy) is 1. The van der Waals surface area contributed by atoms with Crippen LogP contribution in [0.2, 0.25) is 0 Å². The molecule has 0 heterocycles. The molecule has 0 fully saturated rings. The van der Waals surface area contributed by atoms with Crippen LogP contribution >= 0.6 is 11.8 Å². The first kappa shape index (κ1) is 20.3. The molecule has 0 saturated heterocycles. The molecule has 0 atom stereocenters. The Bertz CT molecular complexity index is 836. The number of carbonyl (C=O) groups is 3. The zero-order valence-corrected chi connectivity index (χ0v) is 14.9. The molecule has 0 spiro atoms. The van der Waals surface area contributed by atoms with Crippen molar-refractivity contribution in [2.24, 2.45) is 0 Å². The summed E-state index contributed by atoms with van der Waals surface area (Å²) in [6.45, 7) is 0.0882. The van der Waals surface area contributed by atoms with Crippen LogP contribution in [0.4, 0.5) is 0 Å². The van der Waals surface area contributed by atoms with Crippen molar-refractivity contribution in [2.45, 2.75) is 12.4 Å². The Kier molecular flexibility index (Phi) is 7.21. The molecular weight excluding hydrogens is 374 g/mol. The summed E-state index contributed by atoms with van der Waals surface area (Å²) in [4.78, 5) is 33.3. The van der Waals surface area contributed by atoms with Gasteiger partial charge >= 0.3 is 11.9 Å². The Morgan fingerprint density at radius 3 is 2.22 bits per heavy atom. The van der Waals surface area contributed by atoms with Crippen LogP contribution in [-0.4, -0.2) is 39.0 Å². The highest BCUT2D eigenvalue weighted by atomic mass is 32.2. The van der Waals surface area contributed by atoms with Crippen molar-refractivity contribution in [1.82, 2.24) is 5.48 Å². The van der Waals surface area contributed by atoms with Gasteiger partial charge in [-0.2, -0.15) is 0 Å². The molecule has 0 aliphatic rings. The molecule has 4 N–H and O–H groups in total. The highest BCUT2D eigenvalue weighted by molar-refractivity contribution is 7.99. The molecule has 0 aliphatic carbocycles. The van der Waals surface area contributed by atoms with Crippen molar-refractivity contribution < 1.29 is 34.5 Å². The van der Waals surface area contributed by atoms with Crippen molar-refractivity contribution in [2.75, 3.05) is 5.75 Å². The van der Waals surface area contributed by atoms with Gasteiger partial charge in [-0.15, -0.1) is 11.8 Å². The van der Waals surface area contributed by atoms with Gasteiger partial charge in [0.2, 0.25) is 0 Å². The third-order valence-corrected chi connectivity index (χ3v) is 4.50. The summed E-state index contributed by atoms with van der Waals surface area (Å²) in [7, 11) is 0. The third-order valence-electron chi connectivity index (χ3n) is 3.50. The maximum Gasteiger partial charge on any atom is 0.339 e. The van der Waals surface area contributed by atoms with Gasteiger partial charge in [0.05, 0.1) is 11.3 Å². The molecule has 0 radical (unpaired) electrons. The number of carbonyl (C=O) groups excluding carboxylic acids is 1. The average Bonchev–Trinajstić information content (AvgIpc) is 2.66. The lowest BCUT2D eigenvalue weighted by Crippen LogP contribution is -2.20. The molecule has 0 unspecified atom stereocenters. The van der Waals surface area contributed by atoms with E-state index in [1.54, 1.807) is 18.2 Å². The molecule has 8 nitrogen and oxygen atoms in total. The van der Waals surface area contributed by atoms with Crippen LogP contribution in [0.3, 0.4) is 0 Å². The van der Waals surface area contributed by atoms with Gasteiger partial charge in [0.1, 0.15) is 17.9 Å². The van der Waals surface area contributed by atoms with Gasteiger partial charge in [-0.1, -0.05) is 18.2 Å². The Morgan fingerprint density at radius 2 is 1.63 bits per heavy atom. The summed E-state index contributed by atoms with van der Waals surface area (Å²) < 4.78 is 5.57. The Morgan fingerprint density at radius 1 is 0.963 bits per heavy atom. The number of hydroxylamine groups is 1. The van der Waals surface area contributed by atoms with Crippen molar-refractivity contribution in [3.63, 3.8) is 0 Å². The number of carboxylic acid groups (broad SMARTS) is 2. The molecule has 1 amide bonds. The van der Waals surface area contributed by atoms with Crippen molar-refractivity contribution in [3.05, 3.63) is 64.7 Å².